The third-order valence-electron chi connectivity index (χ3n) is 4.20. The van der Waals surface area contributed by atoms with Gasteiger partial charge in [-0.3, -0.25) is 24.7 Å². The van der Waals surface area contributed by atoms with E-state index < -0.39 is 0 Å². The highest BCUT2D eigenvalue weighted by Crippen LogP contribution is 2.10. The number of anilines is 1. The Kier molecular flexibility index (Phi) is 4.88. The van der Waals surface area contributed by atoms with Crippen LogP contribution >= 0.6 is 0 Å². The number of amides is 1. The molecule has 0 spiro atoms. The standard InChI is InChI=1S/C17H23N7O2/c1-5-7-11-9-13(23(4)21-11)14(25)19-16-20-17-18-10(3)12(8-6-2)15(26)24(17)22-16/h9H,5-8H2,1-4H3,(H2,18,19,20,22,25). The van der Waals surface area contributed by atoms with Gasteiger partial charge in [-0.2, -0.15) is 14.6 Å². The lowest BCUT2D eigenvalue weighted by atomic mass is 10.1. The summed E-state index contributed by atoms with van der Waals surface area (Å²) < 4.78 is 2.80. The van der Waals surface area contributed by atoms with Crippen molar-refractivity contribution in [2.75, 3.05) is 5.32 Å². The Balaban J connectivity index is 1.90. The average molecular weight is 357 g/mol. The van der Waals surface area contributed by atoms with Crippen LogP contribution in [0.3, 0.4) is 0 Å². The first-order chi connectivity index (χ1) is 12.4. The van der Waals surface area contributed by atoms with Crippen LogP contribution in [0, 0.1) is 6.92 Å². The second-order valence-corrected chi connectivity index (χ2v) is 6.29. The monoisotopic (exact) mass is 357 g/mol. The molecule has 3 aromatic heterocycles. The average Bonchev–Trinajstić information content (AvgIpc) is 3.15. The minimum Gasteiger partial charge on any atom is -0.289 e. The Labute approximate surface area is 150 Å². The SMILES string of the molecule is CCCc1cc(C(=O)Nc2nc3nc(C)c(CCC)c(=O)n3[nH]2)n(C)n1. The zero-order chi connectivity index (χ0) is 18.8. The van der Waals surface area contributed by atoms with Crippen molar-refractivity contribution in [3.8, 4) is 0 Å². The summed E-state index contributed by atoms with van der Waals surface area (Å²) in [6, 6.07) is 1.76. The van der Waals surface area contributed by atoms with Crippen LogP contribution in [0.25, 0.3) is 5.78 Å². The van der Waals surface area contributed by atoms with E-state index >= 15 is 0 Å². The van der Waals surface area contributed by atoms with Gasteiger partial charge in [0, 0.05) is 12.6 Å². The van der Waals surface area contributed by atoms with Crippen LogP contribution in [0.1, 0.15) is 54.1 Å². The third-order valence-corrected chi connectivity index (χ3v) is 4.20. The van der Waals surface area contributed by atoms with Crippen LogP contribution in [-0.4, -0.2) is 35.3 Å². The second kappa shape index (κ2) is 7.11. The fraction of sp³-hybridized carbons (Fsp3) is 0.471. The van der Waals surface area contributed by atoms with Crippen LogP contribution < -0.4 is 10.9 Å². The predicted octanol–water partition coefficient (Wildman–Crippen LogP) is 1.62. The van der Waals surface area contributed by atoms with E-state index in [1.165, 1.54) is 9.20 Å². The third kappa shape index (κ3) is 3.24. The lowest BCUT2D eigenvalue weighted by Gasteiger charge is -2.02. The van der Waals surface area contributed by atoms with Crippen molar-refractivity contribution in [3.05, 3.63) is 39.1 Å². The lowest BCUT2D eigenvalue weighted by molar-refractivity contribution is 0.101. The number of nitrogens with one attached hydrogen (secondary N) is 2. The van der Waals surface area contributed by atoms with Gasteiger partial charge in [-0.05, 0) is 25.8 Å². The van der Waals surface area contributed by atoms with Crippen molar-refractivity contribution in [2.24, 2.45) is 7.05 Å². The molecule has 0 unspecified atom stereocenters. The Hall–Kier alpha value is -2.97. The van der Waals surface area contributed by atoms with E-state index in [2.05, 4.69) is 32.4 Å². The number of aryl methyl sites for hydroxylation is 3. The maximum atomic E-state index is 12.6. The maximum absolute atomic E-state index is 12.6. The van der Waals surface area contributed by atoms with Crippen molar-refractivity contribution >= 4 is 17.6 Å². The molecule has 3 heterocycles. The highest BCUT2D eigenvalue weighted by Gasteiger charge is 2.17. The number of hydrogen-bond donors (Lipinski definition) is 2. The number of carbonyl (C=O) groups excluding carboxylic acids is 1. The van der Waals surface area contributed by atoms with E-state index in [0.29, 0.717) is 23.4 Å². The van der Waals surface area contributed by atoms with E-state index in [-0.39, 0.29) is 23.2 Å². The van der Waals surface area contributed by atoms with Gasteiger partial charge in [-0.25, -0.2) is 4.98 Å². The molecule has 0 saturated carbocycles. The molecular formula is C17H23N7O2. The number of H-pyrrole nitrogens is 1. The topological polar surface area (TPSA) is 110 Å². The largest absolute Gasteiger partial charge is 0.289 e. The fourth-order valence-corrected chi connectivity index (χ4v) is 2.94. The molecular weight excluding hydrogens is 334 g/mol. The van der Waals surface area contributed by atoms with Crippen molar-refractivity contribution in [2.45, 2.75) is 46.5 Å². The molecule has 0 saturated heterocycles. The van der Waals surface area contributed by atoms with Crippen molar-refractivity contribution in [3.63, 3.8) is 0 Å². The Morgan fingerprint density at radius 2 is 1.96 bits per heavy atom. The van der Waals surface area contributed by atoms with Gasteiger partial charge < -0.3 is 0 Å². The van der Waals surface area contributed by atoms with Gasteiger partial charge >= 0.3 is 0 Å². The van der Waals surface area contributed by atoms with Crippen LogP contribution in [0.15, 0.2) is 10.9 Å². The van der Waals surface area contributed by atoms with Crippen molar-refractivity contribution in [1.82, 2.24) is 29.4 Å². The smallest absolute Gasteiger partial charge is 0.277 e. The summed E-state index contributed by atoms with van der Waals surface area (Å²) in [6.07, 6.45) is 3.26. The van der Waals surface area contributed by atoms with Crippen molar-refractivity contribution < 1.29 is 4.79 Å². The Morgan fingerprint density at radius 1 is 1.23 bits per heavy atom. The van der Waals surface area contributed by atoms with Gasteiger partial charge in [-0.1, -0.05) is 26.7 Å². The lowest BCUT2D eigenvalue weighted by Crippen LogP contribution is -2.22. The van der Waals surface area contributed by atoms with Crippen LogP contribution in [-0.2, 0) is 19.9 Å². The molecule has 0 aliphatic rings. The molecule has 3 aromatic rings. The van der Waals surface area contributed by atoms with E-state index in [4.69, 9.17) is 0 Å². The predicted molar refractivity (Wildman–Crippen MR) is 97.5 cm³/mol. The van der Waals surface area contributed by atoms with Crippen LogP contribution in [0.4, 0.5) is 5.95 Å². The quantitative estimate of drug-likeness (QED) is 0.696. The van der Waals surface area contributed by atoms with Gasteiger partial charge in [0.1, 0.15) is 5.69 Å². The van der Waals surface area contributed by atoms with E-state index in [9.17, 15) is 9.59 Å². The molecule has 0 atom stereocenters. The summed E-state index contributed by atoms with van der Waals surface area (Å²) in [4.78, 5) is 33.6. The van der Waals surface area contributed by atoms with Gasteiger partial charge in [0.2, 0.25) is 5.95 Å². The van der Waals surface area contributed by atoms with Gasteiger partial charge in [0.15, 0.2) is 0 Å². The molecule has 0 fully saturated rings. The zero-order valence-corrected chi connectivity index (χ0v) is 15.5. The van der Waals surface area contributed by atoms with Crippen molar-refractivity contribution in [1.29, 1.82) is 0 Å². The summed E-state index contributed by atoms with van der Waals surface area (Å²) >= 11 is 0. The zero-order valence-electron chi connectivity index (χ0n) is 15.5. The highest BCUT2D eigenvalue weighted by atomic mass is 16.2. The first-order valence-electron chi connectivity index (χ1n) is 8.77. The molecule has 0 aromatic carbocycles. The number of nitrogens with zero attached hydrogens (tertiary/aromatic N) is 5. The number of aromatic amines is 1. The normalized spacial score (nSPS) is 11.2. The van der Waals surface area contributed by atoms with Gasteiger partial charge in [-0.15, -0.1) is 0 Å². The number of aromatic nitrogens is 6. The Morgan fingerprint density at radius 3 is 2.65 bits per heavy atom. The number of hydrogen-bond acceptors (Lipinski definition) is 5. The van der Waals surface area contributed by atoms with E-state index in [1.54, 1.807) is 20.0 Å². The summed E-state index contributed by atoms with van der Waals surface area (Å²) in [6.45, 7) is 5.86. The number of rotatable bonds is 6. The summed E-state index contributed by atoms with van der Waals surface area (Å²) in [5.41, 5.74) is 2.42. The van der Waals surface area contributed by atoms with Gasteiger partial charge in [0.05, 0.1) is 11.4 Å². The second-order valence-electron chi connectivity index (χ2n) is 6.29. The molecule has 9 nitrogen and oxygen atoms in total. The van der Waals surface area contributed by atoms with E-state index in [1.807, 2.05) is 6.92 Å². The molecule has 0 radical (unpaired) electrons. The molecule has 26 heavy (non-hydrogen) atoms. The Bertz CT molecular complexity index is 1010. The van der Waals surface area contributed by atoms with Crippen LogP contribution in [0.2, 0.25) is 0 Å². The molecule has 9 heteroatoms. The molecule has 138 valence electrons. The van der Waals surface area contributed by atoms with E-state index in [0.717, 1.165) is 25.0 Å². The maximum Gasteiger partial charge on any atom is 0.277 e. The molecule has 3 rings (SSSR count). The molecule has 0 aliphatic carbocycles. The fourth-order valence-electron chi connectivity index (χ4n) is 2.94. The van der Waals surface area contributed by atoms with Crippen LogP contribution in [0.5, 0.6) is 0 Å². The number of carbonyl (C=O) groups is 1. The summed E-state index contributed by atoms with van der Waals surface area (Å²) in [5.74, 6) is 0.0604. The minimum atomic E-state index is -0.347. The number of fused-ring (bicyclic) bond motifs is 1. The molecule has 2 N–H and O–H groups in total. The summed E-state index contributed by atoms with van der Waals surface area (Å²) in [7, 11) is 1.72. The highest BCUT2D eigenvalue weighted by molar-refractivity contribution is 6.02. The summed E-state index contributed by atoms with van der Waals surface area (Å²) in [5, 5.41) is 9.81. The van der Waals surface area contributed by atoms with Gasteiger partial charge in [0.25, 0.3) is 17.2 Å². The first-order valence-corrected chi connectivity index (χ1v) is 8.77. The minimum absolute atomic E-state index is 0.172. The molecule has 1 amide bonds. The first kappa shape index (κ1) is 17.8. The molecule has 0 aliphatic heterocycles. The molecule has 0 bridgehead atoms.